The molecule has 136 valence electrons. The van der Waals surface area contributed by atoms with Crippen molar-refractivity contribution in [3.63, 3.8) is 0 Å². The summed E-state index contributed by atoms with van der Waals surface area (Å²) < 4.78 is 0. The number of amides is 1. The summed E-state index contributed by atoms with van der Waals surface area (Å²) in [6.07, 6.45) is 12.0. The van der Waals surface area contributed by atoms with Gasteiger partial charge < -0.3 is 5.73 Å². The molecular weight excluding hydrogens is 288 g/mol. The summed E-state index contributed by atoms with van der Waals surface area (Å²) in [5.74, 6) is 0.160. The van der Waals surface area contributed by atoms with Gasteiger partial charge in [0.25, 0.3) is 0 Å². The Balaban J connectivity index is 2.42. The normalized spacial score (nSPS) is 16.5. The monoisotopic (exact) mass is 326 g/mol. The van der Waals surface area contributed by atoms with Crippen LogP contribution in [0.4, 0.5) is 0 Å². The number of carbonyl (C=O) groups is 1. The van der Waals surface area contributed by atoms with E-state index in [9.17, 15) is 4.79 Å². The highest BCUT2D eigenvalue weighted by Crippen LogP contribution is 2.24. The van der Waals surface area contributed by atoms with Crippen LogP contribution in [-0.4, -0.2) is 30.2 Å². The zero-order valence-electron chi connectivity index (χ0n) is 15.6. The highest BCUT2D eigenvalue weighted by Gasteiger charge is 2.23. The van der Waals surface area contributed by atoms with E-state index >= 15 is 0 Å². The molecule has 0 bridgehead atoms. The Kier molecular flexibility index (Phi) is 9.80. The number of unbranched alkanes of at least 4 members (excludes halogenated alkanes) is 3. The Morgan fingerprint density at radius 3 is 2.35 bits per heavy atom. The van der Waals surface area contributed by atoms with E-state index in [4.69, 9.17) is 10.6 Å². The number of hydroxylamine groups is 2. The molecule has 0 aromatic carbocycles. The average molecular weight is 327 g/mol. The van der Waals surface area contributed by atoms with Crippen LogP contribution in [0.1, 0.15) is 91.4 Å². The molecule has 1 amide bonds. The van der Waals surface area contributed by atoms with Crippen molar-refractivity contribution in [2.45, 2.75) is 97.5 Å². The summed E-state index contributed by atoms with van der Waals surface area (Å²) in [5.41, 5.74) is 5.73. The van der Waals surface area contributed by atoms with Gasteiger partial charge in [-0.2, -0.15) is 0 Å². The molecule has 1 rings (SSSR count). The number of hydrogen-bond acceptors (Lipinski definition) is 3. The second-order valence-electron chi connectivity index (χ2n) is 8.12. The number of nitrogens with zero attached hydrogens (tertiary/aromatic N) is 1. The lowest BCUT2D eigenvalue weighted by molar-refractivity contribution is -0.212. The van der Waals surface area contributed by atoms with Crippen LogP contribution in [0.15, 0.2) is 0 Å². The molecule has 4 heteroatoms. The third-order valence-electron chi connectivity index (χ3n) is 4.52. The maximum Gasteiger partial charge on any atom is 0.246 e. The smallest absolute Gasteiger partial charge is 0.246 e. The lowest BCUT2D eigenvalue weighted by atomic mass is 9.92. The SMILES string of the molecule is CC(C)(C)CCN(OC1CCCCC1)C(=O)CCCCCCN. The Labute approximate surface area is 143 Å². The van der Waals surface area contributed by atoms with Crippen molar-refractivity contribution in [3.8, 4) is 0 Å². The maximum absolute atomic E-state index is 12.5. The van der Waals surface area contributed by atoms with Crippen molar-refractivity contribution >= 4 is 5.91 Å². The molecule has 1 fully saturated rings. The summed E-state index contributed by atoms with van der Waals surface area (Å²) in [4.78, 5) is 18.6. The van der Waals surface area contributed by atoms with Gasteiger partial charge in [0.2, 0.25) is 5.91 Å². The van der Waals surface area contributed by atoms with Crippen molar-refractivity contribution in [2.24, 2.45) is 11.1 Å². The fraction of sp³-hybridized carbons (Fsp3) is 0.947. The van der Waals surface area contributed by atoms with E-state index in [1.165, 1.54) is 19.3 Å². The van der Waals surface area contributed by atoms with Gasteiger partial charge in [0, 0.05) is 13.0 Å². The minimum Gasteiger partial charge on any atom is -0.330 e. The van der Waals surface area contributed by atoms with Gasteiger partial charge in [-0.1, -0.05) is 52.9 Å². The largest absolute Gasteiger partial charge is 0.330 e. The molecule has 0 atom stereocenters. The highest BCUT2D eigenvalue weighted by molar-refractivity contribution is 5.75. The third kappa shape index (κ3) is 9.98. The lowest BCUT2D eigenvalue weighted by Crippen LogP contribution is -2.38. The van der Waals surface area contributed by atoms with Crippen LogP contribution in [0.5, 0.6) is 0 Å². The Morgan fingerprint density at radius 2 is 1.74 bits per heavy atom. The van der Waals surface area contributed by atoms with E-state index in [-0.39, 0.29) is 17.4 Å². The first-order valence-corrected chi connectivity index (χ1v) is 9.59. The zero-order chi connectivity index (χ0) is 17.1. The van der Waals surface area contributed by atoms with Gasteiger partial charge in [-0.05, 0) is 44.1 Å². The standard InChI is InChI=1S/C19H38N2O2/c1-19(2,3)14-16-21(23-17-11-7-6-8-12-17)18(22)13-9-4-5-10-15-20/h17H,4-16,20H2,1-3H3. The fourth-order valence-corrected chi connectivity index (χ4v) is 2.92. The first-order chi connectivity index (χ1) is 10.9. The molecule has 0 saturated heterocycles. The molecule has 0 spiro atoms. The van der Waals surface area contributed by atoms with Crippen molar-refractivity contribution in [2.75, 3.05) is 13.1 Å². The van der Waals surface area contributed by atoms with Gasteiger partial charge in [0.1, 0.15) is 0 Å². The topological polar surface area (TPSA) is 55.6 Å². The molecule has 0 unspecified atom stereocenters. The Bertz CT molecular complexity index is 320. The third-order valence-corrected chi connectivity index (χ3v) is 4.52. The molecule has 0 heterocycles. The molecule has 0 aliphatic heterocycles. The molecule has 23 heavy (non-hydrogen) atoms. The van der Waals surface area contributed by atoms with Crippen LogP contribution in [0, 0.1) is 5.41 Å². The fourth-order valence-electron chi connectivity index (χ4n) is 2.92. The molecule has 0 aromatic heterocycles. The van der Waals surface area contributed by atoms with Gasteiger partial charge >= 0.3 is 0 Å². The molecule has 1 aliphatic rings. The molecule has 1 saturated carbocycles. The minimum atomic E-state index is 0.160. The summed E-state index contributed by atoms with van der Waals surface area (Å²) in [5, 5.41) is 1.68. The van der Waals surface area contributed by atoms with Crippen molar-refractivity contribution in [3.05, 3.63) is 0 Å². The molecule has 0 aromatic rings. The summed E-state index contributed by atoms with van der Waals surface area (Å²) >= 11 is 0. The van der Waals surface area contributed by atoms with Gasteiger partial charge in [-0.3, -0.25) is 9.63 Å². The predicted molar refractivity (Wildman–Crippen MR) is 95.9 cm³/mol. The van der Waals surface area contributed by atoms with Gasteiger partial charge in [-0.15, -0.1) is 0 Å². The van der Waals surface area contributed by atoms with Gasteiger partial charge in [-0.25, -0.2) is 5.06 Å². The van der Waals surface area contributed by atoms with Crippen LogP contribution in [0.25, 0.3) is 0 Å². The predicted octanol–water partition coefficient (Wildman–Crippen LogP) is 4.42. The molecule has 1 aliphatic carbocycles. The second-order valence-corrected chi connectivity index (χ2v) is 8.12. The number of hydrogen-bond donors (Lipinski definition) is 1. The van der Waals surface area contributed by atoms with E-state index in [1.54, 1.807) is 5.06 Å². The number of carbonyl (C=O) groups excluding carboxylic acids is 1. The van der Waals surface area contributed by atoms with E-state index in [0.29, 0.717) is 13.0 Å². The van der Waals surface area contributed by atoms with Gasteiger partial charge in [0.05, 0.1) is 6.10 Å². The number of rotatable bonds is 10. The summed E-state index contributed by atoms with van der Waals surface area (Å²) in [6.45, 7) is 8.09. The van der Waals surface area contributed by atoms with Crippen LogP contribution >= 0.6 is 0 Å². The molecule has 2 N–H and O–H groups in total. The van der Waals surface area contributed by atoms with Crippen LogP contribution < -0.4 is 5.73 Å². The van der Waals surface area contributed by atoms with Crippen LogP contribution in [0.3, 0.4) is 0 Å². The van der Waals surface area contributed by atoms with E-state index < -0.39 is 0 Å². The summed E-state index contributed by atoms with van der Waals surface area (Å²) in [7, 11) is 0. The Hall–Kier alpha value is -0.610. The highest BCUT2D eigenvalue weighted by atomic mass is 16.7. The Morgan fingerprint density at radius 1 is 1.09 bits per heavy atom. The molecular formula is C19H38N2O2. The quantitative estimate of drug-likeness (QED) is 0.477. The molecule has 4 nitrogen and oxygen atoms in total. The zero-order valence-corrected chi connectivity index (χ0v) is 15.6. The van der Waals surface area contributed by atoms with E-state index in [1.807, 2.05) is 0 Å². The van der Waals surface area contributed by atoms with Crippen molar-refractivity contribution < 1.29 is 9.63 Å². The van der Waals surface area contributed by atoms with Gasteiger partial charge in [0.15, 0.2) is 0 Å². The van der Waals surface area contributed by atoms with Crippen molar-refractivity contribution in [1.82, 2.24) is 5.06 Å². The average Bonchev–Trinajstić information content (AvgIpc) is 2.51. The first-order valence-electron chi connectivity index (χ1n) is 9.59. The second kappa shape index (κ2) is 11.0. The van der Waals surface area contributed by atoms with E-state index in [2.05, 4.69) is 20.8 Å². The summed E-state index contributed by atoms with van der Waals surface area (Å²) in [6, 6.07) is 0. The minimum absolute atomic E-state index is 0.160. The molecule has 0 radical (unpaired) electrons. The van der Waals surface area contributed by atoms with Crippen molar-refractivity contribution in [1.29, 1.82) is 0 Å². The first kappa shape index (κ1) is 20.4. The maximum atomic E-state index is 12.5. The van der Waals surface area contributed by atoms with Crippen LogP contribution in [-0.2, 0) is 9.63 Å². The number of nitrogens with two attached hydrogens (primary N) is 1. The van der Waals surface area contributed by atoms with Crippen LogP contribution in [0.2, 0.25) is 0 Å². The van der Waals surface area contributed by atoms with E-state index in [0.717, 1.165) is 51.5 Å². The lowest BCUT2D eigenvalue weighted by Gasteiger charge is -2.31.